The molecule has 0 radical (unpaired) electrons. The third kappa shape index (κ3) is 4.42. The van der Waals surface area contributed by atoms with Crippen LogP contribution in [0.2, 0.25) is 0 Å². The van der Waals surface area contributed by atoms with E-state index in [2.05, 4.69) is 29.1 Å². The lowest BCUT2D eigenvalue weighted by Gasteiger charge is -2.34. The van der Waals surface area contributed by atoms with Gasteiger partial charge in [0.15, 0.2) is 5.16 Å². The number of anilines is 1. The highest BCUT2D eigenvalue weighted by Gasteiger charge is 2.25. The van der Waals surface area contributed by atoms with Crippen molar-refractivity contribution in [2.75, 3.05) is 30.7 Å². The van der Waals surface area contributed by atoms with E-state index in [1.165, 1.54) is 18.2 Å². The second-order valence-electron chi connectivity index (χ2n) is 6.94. The number of hydrogen-bond donors (Lipinski definition) is 1. The summed E-state index contributed by atoms with van der Waals surface area (Å²) in [5, 5.41) is 4.96. The maximum atomic E-state index is 12.6. The zero-order valence-electron chi connectivity index (χ0n) is 15.2. The summed E-state index contributed by atoms with van der Waals surface area (Å²) < 4.78 is 0. The van der Waals surface area contributed by atoms with E-state index >= 15 is 0 Å². The summed E-state index contributed by atoms with van der Waals surface area (Å²) in [4.78, 5) is 23.8. The summed E-state index contributed by atoms with van der Waals surface area (Å²) in [6.07, 6.45) is 1.21. The Morgan fingerprint density at radius 2 is 1.96 bits per heavy atom. The number of likely N-dealkylation sites (tertiary alicyclic amines) is 1. The molecule has 1 aromatic heterocycles. The summed E-state index contributed by atoms with van der Waals surface area (Å²) in [5.41, 5.74) is 0.906. The van der Waals surface area contributed by atoms with Crippen LogP contribution in [-0.4, -0.2) is 46.2 Å². The number of benzene rings is 1. The maximum absolute atomic E-state index is 12.6. The van der Waals surface area contributed by atoms with Crippen molar-refractivity contribution in [1.29, 1.82) is 0 Å². The molecule has 0 saturated carbocycles. The van der Waals surface area contributed by atoms with Gasteiger partial charge >= 0.3 is 0 Å². The highest BCUT2D eigenvalue weighted by molar-refractivity contribution is 7.99. The molecule has 1 aromatic carbocycles. The second-order valence-corrected chi connectivity index (χ2v) is 7.88. The van der Waals surface area contributed by atoms with Gasteiger partial charge in [-0.05, 0) is 37.3 Å². The van der Waals surface area contributed by atoms with Gasteiger partial charge in [-0.1, -0.05) is 37.7 Å². The van der Waals surface area contributed by atoms with Crippen molar-refractivity contribution < 1.29 is 4.79 Å². The van der Waals surface area contributed by atoms with Crippen LogP contribution in [-0.2, 0) is 4.79 Å². The molecule has 25 heavy (non-hydrogen) atoms. The fourth-order valence-corrected chi connectivity index (χ4v) is 4.26. The number of carbonyl (C=O) groups is 1. The number of rotatable bonds is 5. The van der Waals surface area contributed by atoms with Gasteiger partial charge in [-0.15, -0.1) is 0 Å². The molecule has 3 rings (SSSR count). The number of thioether (sulfide) groups is 1. The molecule has 0 bridgehead atoms. The van der Waals surface area contributed by atoms with Crippen molar-refractivity contribution >= 4 is 34.4 Å². The molecule has 1 saturated heterocycles. The molecule has 6 heteroatoms. The topological polar surface area (TPSA) is 58.1 Å². The van der Waals surface area contributed by atoms with Crippen molar-refractivity contribution in [1.82, 2.24) is 14.9 Å². The molecule has 1 amide bonds. The lowest BCUT2D eigenvalue weighted by atomic mass is 9.92. The summed E-state index contributed by atoms with van der Waals surface area (Å²) in [6, 6.07) is 7.96. The van der Waals surface area contributed by atoms with Crippen LogP contribution in [0.5, 0.6) is 0 Å². The van der Waals surface area contributed by atoms with Crippen LogP contribution < -0.4 is 5.32 Å². The molecular formula is C19H26N4OS. The van der Waals surface area contributed by atoms with E-state index in [0.717, 1.165) is 36.4 Å². The van der Waals surface area contributed by atoms with Gasteiger partial charge in [0.2, 0.25) is 5.91 Å². The van der Waals surface area contributed by atoms with E-state index < -0.39 is 0 Å². The first-order valence-corrected chi connectivity index (χ1v) is 9.96. The predicted molar refractivity (Wildman–Crippen MR) is 104 cm³/mol. The molecule has 1 fully saturated rings. The quantitative estimate of drug-likeness (QED) is 0.653. The van der Waals surface area contributed by atoms with Crippen molar-refractivity contribution in [3.63, 3.8) is 0 Å². The van der Waals surface area contributed by atoms with Gasteiger partial charge < -0.3 is 10.2 Å². The van der Waals surface area contributed by atoms with Gasteiger partial charge in [0.1, 0.15) is 5.82 Å². The molecule has 1 aliphatic rings. The van der Waals surface area contributed by atoms with E-state index in [4.69, 9.17) is 0 Å². The van der Waals surface area contributed by atoms with Crippen LogP contribution in [0.3, 0.4) is 0 Å². The highest BCUT2D eigenvalue weighted by Crippen LogP contribution is 2.26. The minimum atomic E-state index is 0.185. The number of aromatic nitrogens is 2. The third-order valence-electron chi connectivity index (χ3n) is 4.47. The number of amides is 1. The van der Waals surface area contributed by atoms with Crippen molar-refractivity contribution in [2.45, 2.75) is 32.3 Å². The summed E-state index contributed by atoms with van der Waals surface area (Å²) in [7, 11) is 0. The molecule has 1 N–H and O–H groups in total. The summed E-state index contributed by atoms with van der Waals surface area (Å²) >= 11 is 1.43. The largest absolute Gasteiger partial charge is 0.370 e. The van der Waals surface area contributed by atoms with Gasteiger partial charge in [-0.25, -0.2) is 9.97 Å². The number of para-hydroxylation sites is 1. The van der Waals surface area contributed by atoms with Gasteiger partial charge in [-0.2, -0.15) is 0 Å². The van der Waals surface area contributed by atoms with Crippen LogP contribution >= 0.6 is 11.8 Å². The Kier molecular flexibility index (Phi) is 5.78. The second kappa shape index (κ2) is 8.04. The Bertz CT molecular complexity index is 741. The molecule has 5 nitrogen and oxygen atoms in total. The van der Waals surface area contributed by atoms with Crippen molar-refractivity contribution in [3.8, 4) is 0 Å². The minimum absolute atomic E-state index is 0.185. The Balaban J connectivity index is 1.71. The molecule has 0 aliphatic carbocycles. The summed E-state index contributed by atoms with van der Waals surface area (Å²) in [5.74, 6) is 2.57. The number of nitrogens with one attached hydrogen (secondary N) is 1. The lowest BCUT2D eigenvalue weighted by molar-refractivity contribution is -0.130. The first-order valence-electron chi connectivity index (χ1n) is 8.98. The normalized spacial score (nSPS) is 20.7. The molecular weight excluding hydrogens is 332 g/mol. The van der Waals surface area contributed by atoms with Crippen LogP contribution in [0.4, 0.5) is 5.82 Å². The molecule has 1 aliphatic heterocycles. The number of hydrogen-bond acceptors (Lipinski definition) is 5. The van der Waals surface area contributed by atoms with E-state index in [9.17, 15) is 4.79 Å². The summed E-state index contributed by atoms with van der Waals surface area (Å²) in [6.45, 7) is 9.02. The zero-order valence-corrected chi connectivity index (χ0v) is 16.0. The molecule has 0 spiro atoms. The Morgan fingerprint density at radius 3 is 2.68 bits per heavy atom. The maximum Gasteiger partial charge on any atom is 0.233 e. The monoisotopic (exact) mass is 358 g/mol. The first kappa shape index (κ1) is 18.0. The highest BCUT2D eigenvalue weighted by atomic mass is 32.2. The van der Waals surface area contributed by atoms with Gasteiger partial charge in [0.25, 0.3) is 0 Å². The third-order valence-corrected chi connectivity index (χ3v) is 5.31. The fraction of sp³-hybridized carbons (Fsp3) is 0.526. The van der Waals surface area contributed by atoms with Crippen LogP contribution in [0, 0.1) is 11.8 Å². The smallest absolute Gasteiger partial charge is 0.233 e. The van der Waals surface area contributed by atoms with Gasteiger partial charge in [0.05, 0.1) is 11.3 Å². The molecule has 2 atom stereocenters. The van der Waals surface area contributed by atoms with Crippen LogP contribution in [0.15, 0.2) is 29.4 Å². The lowest BCUT2D eigenvalue weighted by Crippen LogP contribution is -2.43. The number of nitrogens with zero attached hydrogens (tertiary/aromatic N) is 3. The molecule has 2 aromatic rings. The van der Waals surface area contributed by atoms with Crippen LogP contribution in [0.25, 0.3) is 10.9 Å². The Hall–Kier alpha value is -1.82. The Morgan fingerprint density at radius 1 is 1.24 bits per heavy atom. The van der Waals surface area contributed by atoms with Crippen molar-refractivity contribution in [3.05, 3.63) is 24.3 Å². The molecule has 134 valence electrons. The zero-order chi connectivity index (χ0) is 17.8. The predicted octanol–water partition coefficient (Wildman–Crippen LogP) is 3.66. The first-order chi connectivity index (χ1) is 12.1. The average molecular weight is 359 g/mol. The fourth-order valence-electron chi connectivity index (χ4n) is 3.51. The van der Waals surface area contributed by atoms with Crippen molar-refractivity contribution in [2.24, 2.45) is 11.8 Å². The standard InChI is InChI=1S/C19H26N4OS/c1-4-20-18-15-7-5-6-8-16(15)21-19(22-18)25-12-17(24)23-10-13(2)9-14(3)11-23/h5-8,13-14H,4,9-12H2,1-3H3,(H,20,21,22). The number of fused-ring (bicyclic) bond motifs is 1. The molecule has 2 unspecified atom stereocenters. The van der Waals surface area contributed by atoms with Gasteiger partial charge in [0, 0.05) is 25.0 Å². The van der Waals surface area contributed by atoms with Gasteiger partial charge in [-0.3, -0.25) is 4.79 Å². The molecule has 2 heterocycles. The Labute approximate surface area is 153 Å². The number of piperidine rings is 1. The van der Waals surface area contributed by atoms with E-state index in [-0.39, 0.29) is 5.91 Å². The minimum Gasteiger partial charge on any atom is -0.370 e. The van der Waals surface area contributed by atoms with E-state index in [0.29, 0.717) is 22.7 Å². The van der Waals surface area contributed by atoms with E-state index in [1.54, 1.807) is 0 Å². The SMILES string of the molecule is CCNc1nc(SCC(=O)N2CC(C)CC(C)C2)nc2ccccc12. The van der Waals surface area contributed by atoms with E-state index in [1.807, 2.05) is 36.1 Å². The average Bonchev–Trinajstić information content (AvgIpc) is 2.59. The number of carbonyl (C=O) groups excluding carboxylic acids is 1. The van der Waals surface area contributed by atoms with Crippen LogP contribution in [0.1, 0.15) is 27.2 Å².